The van der Waals surface area contributed by atoms with E-state index in [0.717, 1.165) is 16.8 Å². The number of anilines is 1. The minimum absolute atomic E-state index is 0.606. The molecule has 6 heteroatoms. The van der Waals surface area contributed by atoms with Crippen LogP contribution in [0.1, 0.15) is 11.1 Å². The van der Waals surface area contributed by atoms with Crippen molar-refractivity contribution >= 4 is 63.0 Å². The highest BCUT2D eigenvalue weighted by molar-refractivity contribution is 6.35. The number of benzene rings is 3. The average molecular weight is 450 g/mol. The van der Waals surface area contributed by atoms with Gasteiger partial charge in [0.05, 0.1) is 0 Å². The number of para-hydroxylation sites is 1. The lowest BCUT2D eigenvalue weighted by Crippen LogP contribution is -2.00. The molecule has 0 radical (unpaired) electrons. The van der Waals surface area contributed by atoms with E-state index in [1.54, 1.807) is 12.1 Å². The highest BCUT2D eigenvalue weighted by Gasteiger charge is 2.10. The van der Waals surface area contributed by atoms with E-state index < -0.39 is 0 Å². The van der Waals surface area contributed by atoms with Gasteiger partial charge >= 0.3 is 0 Å². The maximum Gasteiger partial charge on any atom is 0.0491 e. The van der Waals surface area contributed by atoms with Gasteiger partial charge in [0.15, 0.2) is 0 Å². The van der Waals surface area contributed by atoms with Crippen LogP contribution in [0.25, 0.3) is 10.9 Å². The Labute approximate surface area is 183 Å². The van der Waals surface area contributed by atoms with E-state index in [1.165, 1.54) is 10.9 Å². The largest absolute Gasteiger partial charge is 0.381 e. The third-order valence-corrected chi connectivity index (χ3v) is 5.60. The minimum atomic E-state index is 0.606. The van der Waals surface area contributed by atoms with Gasteiger partial charge in [0.25, 0.3) is 0 Å². The number of rotatable bonds is 5. The Morgan fingerprint density at radius 3 is 2.25 bits per heavy atom. The summed E-state index contributed by atoms with van der Waals surface area (Å²) < 4.78 is 2.20. The Kier molecular flexibility index (Phi) is 5.75. The molecule has 0 fully saturated rings. The lowest BCUT2D eigenvalue weighted by Gasteiger charge is -2.08. The molecule has 142 valence electrons. The molecule has 0 atom stereocenters. The average Bonchev–Trinajstić information content (AvgIpc) is 2.99. The van der Waals surface area contributed by atoms with Gasteiger partial charge in [-0.2, -0.15) is 0 Å². The molecule has 3 aromatic carbocycles. The van der Waals surface area contributed by atoms with Crippen molar-refractivity contribution in [3.8, 4) is 0 Å². The van der Waals surface area contributed by atoms with Gasteiger partial charge in [0.2, 0.25) is 0 Å². The first-order chi connectivity index (χ1) is 13.5. The maximum absolute atomic E-state index is 6.37. The zero-order valence-electron chi connectivity index (χ0n) is 14.7. The molecule has 2 nitrogen and oxygen atoms in total. The van der Waals surface area contributed by atoms with Crippen LogP contribution >= 0.6 is 46.4 Å². The second-order valence-electron chi connectivity index (χ2n) is 6.55. The van der Waals surface area contributed by atoms with Gasteiger partial charge in [-0.25, -0.2) is 0 Å². The SMILES string of the molecule is Clc1cc(Cl)cc(NCc2cn(Cc3ccc(Cl)cc3Cl)c3ccccc23)c1. The standard InChI is InChI=1S/C22H16Cl4N2/c23-16-6-5-14(21(26)10-16)12-28-13-15(20-3-1-2-4-22(20)28)11-27-19-8-17(24)7-18(25)9-19/h1-10,13,27H,11-12H2. The summed E-state index contributed by atoms with van der Waals surface area (Å²) in [6, 6.07) is 19.4. The van der Waals surface area contributed by atoms with Crippen LogP contribution < -0.4 is 5.32 Å². The molecule has 0 aliphatic heterocycles. The molecule has 4 aromatic rings. The van der Waals surface area contributed by atoms with E-state index in [2.05, 4.69) is 28.2 Å². The van der Waals surface area contributed by atoms with Gasteiger partial charge in [0, 0.05) is 56.0 Å². The summed E-state index contributed by atoms with van der Waals surface area (Å²) in [4.78, 5) is 0. The van der Waals surface area contributed by atoms with E-state index in [4.69, 9.17) is 46.4 Å². The zero-order chi connectivity index (χ0) is 19.7. The summed E-state index contributed by atoms with van der Waals surface area (Å²) >= 11 is 24.6. The summed E-state index contributed by atoms with van der Waals surface area (Å²) in [5.74, 6) is 0. The fourth-order valence-corrected chi connectivity index (χ4v) is 4.28. The van der Waals surface area contributed by atoms with E-state index in [1.807, 2.05) is 36.4 Å². The fourth-order valence-electron chi connectivity index (χ4n) is 3.28. The summed E-state index contributed by atoms with van der Waals surface area (Å²) in [6.07, 6.45) is 2.15. The van der Waals surface area contributed by atoms with Crippen molar-refractivity contribution in [1.82, 2.24) is 4.57 Å². The fraction of sp³-hybridized carbons (Fsp3) is 0.0909. The molecule has 0 saturated heterocycles. The molecule has 1 N–H and O–H groups in total. The van der Waals surface area contributed by atoms with Gasteiger partial charge in [-0.05, 0) is 47.5 Å². The number of hydrogen-bond acceptors (Lipinski definition) is 1. The van der Waals surface area contributed by atoms with E-state index in [-0.39, 0.29) is 0 Å². The monoisotopic (exact) mass is 448 g/mol. The number of aromatic nitrogens is 1. The van der Waals surface area contributed by atoms with Crippen molar-refractivity contribution in [2.75, 3.05) is 5.32 Å². The Hall–Kier alpha value is -1.84. The molecule has 0 amide bonds. The first-order valence-corrected chi connectivity index (χ1v) is 10.2. The normalized spacial score (nSPS) is 11.1. The smallest absolute Gasteiger partial charge is 0.0491 e. The van der Waals surface area contributed by atoms with E-state index in [9.17, 15) is 0 Å². The molecule has 0 spiro atoms. The zero-order valence-corrected chi connectivity index (χ0v) is 17.7. The van der Waals surface area contributed by atoms with Crippen LogP contribution in [0.3, 0.4) is 0 Å². The van der Waals surface area contributed by atoms with Crippen LogP contribution in [0.4, 0.5) is 5.69 Å². The van der Waals surface area contributed by atoms with Crippen molar-refractivity contribution in [3.05, 3.63) is 98.1 Å². The van der Waals surface area contributed by atoms with Crippen molar-refractivity contribution < 1.29 is 0 Å². The number of hydrogen-bond donors (Lipinski definition) is 1. The lowest BCUT2D eigenvalue weighted by molar-refractivity contribution is 0.831. The maximum atomic E-state index is 6.37. The highest BCUT2D eigenvalue weighted by atomic mass is 35.5. The molecule has 0 aliphatic rings. The van der Waals surface area contributed by atoms with Gasteiger partial charge in [-0.15, -0.1) is 0 Å². The Balaban J connectivity index is 1.64. The summed E-state index contributed by atoms with van der Waals surface area (Å²) in [7, 11) is 0. The predicted molar refractivity (Wildman–Crippen MR) is 121 cm³/mol. The van der Waals surface area contributed by atoms with Crippen molar-refractivity contribution in [1.29, 1.82) is 0 Å². The van der Waals surface area contributed by atoms with Crippen LogP contribution in [0.15, 0.2) is 66.9 Å². The first-order valence-electron chi connectivity index (χ1n) is 8.70. The van der Waals surface area contributed by atoms with E-state index in [0.29, 0.717) is 33.2 Å². The van der Waals surface area contributed by atoms with Crippen LogP contribution in [0, 0.1) is 0 Å². The first kappa shape index (κ1) is 19.5. The Morgan fingerprint density at radius 2 is 1.50 bits per heavy atom. The van der Waals surface area contributed by atoms with Gasteiger partial charge in [-0.3, -0.25) is 0 Å². The Bertz CT molecular complexity index is 1130. The number of nitrogens with one attached hydrogen (secondary N) is 1. The van der Waals surface area contributed by atoms with Crippen molar-refractivity contribution in [2.45, 2.75) is 13.1 Å². The number of fused-ring (bicyclic) bond motifs is 1. The molecule has 0 unspecified atom stereocenters. The third kappa shape index (κ3) is 4.26. The molecular formula is C22H16Cl4N2. The second kappa shape index (κ2) is 8.26. The molecule has 0 aliphatic carbocycles. The van der Waals surface area contributed by atoms with Crippen LogP contribution in [0.5, 0.6) is 0 Å². The molecule has 4 rings (SSSR count). The summed E-state index contributed by atoms with van der Waals surface area (Å²) in [6.45, 7) is 1.32. The quantitative estimate of drug-likeness (QED) is 0.327. The van der Waals surface area contributed by atoms with Gasteiger partial charge in [-0.1, -0.05) is 70.7 Å². The van der Waals surface area contributed by atoms with Crippen LogP contribution in [-0.2, 0) is 13.1 Å². The third-order valence-electron chi connectivity index (χ3n) is 4.57. The molecule has 0 bridgehead atoms. The molecular weight excluding hydrogens is 434 g/mol. The van der Waals surface area contributed by atoms with Crippen molar-refractivity contribution in [3.63, 3.8) is 0 Å². The van der Waals surface area contributed by atoms with Crippen molar-refractivity contribution in [2.24, 2.45) is 0 Å². The lowest BCUT2D eigenvalue weighted by atomic mass is 10.1. The molecule has 1 aromatic heterocycles. The van der Waals surface area contributed by atoms with E-state index >= 15 is 0 Å². The second-order valence-corrected chi connectivity index (χ2v) is 8.26. The number of nitrogens with zero attached hydrogens (tertiary/aromatic N) is 1. The van der Waals surface area contributed by atoms with Gasteiger partial charge < -0.3 is 9.88 Å². The summed E-state index contributed by atoms with van der Waals surface area (Å²) in [5.41, 5.74) is 4.23. The molecule has 28 heavy (non-hydrogen) atoms. The molecule has 0 saturated carbocycles. The Morgan fingerprint density at radius 1 is 0.750 bits per heavy atom. The van der Waals surface area contributed by atoms with Crippen LogP contribution in [0.2, 0.25) is 20.1 Å². The molecule has 1 heterocycles. The minimum Gasteiger partial charge on any atom is -0.381 e. The van der Waals surface area contributed by atoms with Crippen LogP contribution in [-0.4, -0.2) is 4.57 Å². The highest BCUT2D eigenvalue weighted by Crippen LogP contribution is 2.28. The number of halogens is 4. The van der Waals surface area contributed by atoms with Gasteiger partial charge in [0.1, 0.15) is 0 Å². The topological polar surface area (TPSA) is 17.0 Å². The predicted octanol–water partition coefficient (Wildman–Crippen LogP) is 7.92. The summed E-state index contributed by atoms with van der Waals surface area (Å²) in [5, 5.41) is 7.11.